The highest BCUT2D eigenvalue weighted by molar-refractivity contribution is 7.92. The molecule has 0 unspecified atom stereocenters. The largest absolute Gasteiger partial charge is 0.357 e. The topological polar surface area (TPSA) is 86.8 Å². The highest BCUT2D eigenvalue weighted by Gasteiger charge is 2.35. The van der Waals surface area contributed by atoms with E-state index < -0.39 is 40.2 Å². The molecule has 0 radical (unpaired) electrons. The Bertz CT molecular complexity index is 1640. The second-order valence-corrected chi connectivity index (χ2v) is 12.0. The van der Waals surface area contributed by atoms with Gasteiger partial charge in [0.05, 0.1) is 10.6 Å². The molecular formula is C31H28Cl2FN3O4S. The fourth-order valence-corrected chi connectivity index (χ4v) is 6.42. The van der Waals surface area contributed by atoms with E-state index >= 15 is 4.39 Å². The van der Waals surface area contributed by atoms with Crippen LogP contribution in [0, 0.1) is 5.82 Å². The molecule has 4 aromatic carbocycles. The van der Waals surface area contributed by atoms with Crippen LogP contribution in [0.2, 0.25) is 10.0 Å². The number of hydrogen-bond acceptors (Lipinski definition) is 4. The summed E-state index contributed by atoms with van der Waals surface area (Å²) in [4.78, 5) is 28.6. The van der Waals surface area contributed by atoms with Crippen molar-refractivity contribution < 1.29 is 22.4 Å². The molecule has 0 fully saturated rings. The lowest BCUT2D eigenvalue weighted by molar-refractivity contribution is -0.139. The van der Waals surface area contributed by atoms with E-state index in [-0.39, 0.29) is 33.6 Å². The third kappa shape index (κ3) is 7.10. The van der Waals surface area contributed by atoms with E-state index in [4.69, 9.17) is 23.2 Å². The van der Waals surface area contributed by atoms with Gasteiger partial charge in [0, 0.05) is 35.6 Å². The molecular weight excluding hydrogens is 600 g/mol. The summed E-state index contributed by atoms with van der Waals surface area (Å²) in [6.45, 7) is -1.01. The molecule has 4 aromatic rings. The Hall–Kier alpha value is -3.92. The summed E-state index contributed by atoms with van der Waals surface area (Å²) in [7, 11) is -2.97. The molecule has 4 rings (SSSR count). The summed E-state index contributed by atoms with van der Waals surface area (Å²) in [5.74, 6) is -2.09. The molecule has 2 amide bonds. The maximum atomic E-state index is 15.1. The van der Waals surface area contributed by atoms with Crippen molar-refractivity contribution in [1.82, 2.24) is 10.2 Å². The van der Waals surface area contributed by atoms with Crippen molar-refractivity contribution in [1.29, 1.82) is 0 Å². The van der Waals surface area contributed by atoms with Gasteiger partial charge in [0.15, 0.2) is 0 Å². The summed E-state index contributed by atoms with van der Waals surface area (Å²) >= 11 is 12.9. The molecule has 0 aliphatic rings. The van der Waals surface area contributed by atoms with E-state index in [0.717, 1.165) is 11.6 Å². The number of sulfonamides is 1. The van der Waals surface area contributed by atoms with Gasteiger partial charge >= 0.3 is 0 Å². The molecule has 0 saturated heterocycles. The molecule has 7 nitrogen and oxygen atoms in total. The minimum absolute atomic E-state index is 0.111. The van der Waals surface area contributed by atoms with Crippen molar-refractivity contribution >= 4 is 50.7 Å². The molecule has 218 valence electrons. The molecule has 0 aliphatic carbocycles. The normalized spacial score (nSPS) is 11.9. The molecule has 1 atom stereocenters. The Morgan fingerprint density at radius 3 is 2.00 bits per heavy atom. The fraction of sp³-hybridized carbons (Fsp3) is 0.161. The van der Waals surface area contributed by atoms with Crippen LogP contribution in [0.4, 0.5) is 10.1 Å². The average molecular weight is 629 g/mol. The maximum Gasteiger partial charge on any atom is 0.264 e. The van der Waals surface area contributed by atoms with Crippen molar-refractivity contribution in [3.8, 4) is 0 Å². The monoisotopic (exact) mass is 627 g/mol. The first-order valence-electron chi connectivity index (χ1n) is 12.9. The molecule has 0 bridgehead atoms. The Kier molecular flexibility index (Phi) is 10.2. The van der Waals surface area contributed by atoms with Crippen LogP contribution in [0.5, 0.6) is 0 Å². The number of benzene rings is 4. The highest BCUT2D eigenvalue weighted by Crippen LogP contribution is 2.29. The quantitative estimate of drug-likeness (QED) is 0.231. The minimum Gasteiger partial charge on any atom is -0.357 e. The molecule has 42 heavy (non-hydrogen) atoms. The maximum absolute atomic E-state index is 15.1. The zero-order valence-corrected chi connectivity index (χ0v) is 24.9. The van der Waals surface area contributed by atoms with Gasteiger partial charge in [-0.3, -0.25) is 13.9 Å². The van der Waals surface area contributed by atoms with Gasteiger partial charge in [-0.25, -0.2) is 12.8 Å². The molecule has 0 heterocycles. The number of nitrogens with zero attached hydrogens (tertiary/aromatic N) is 2. The second-order valence-electron chi connectivity index (χ2n) is 9.32. The number of para-hydroxylation sites is 1. The third-order valence-electron chi connectivity index (χ3n) is 6.64. The summed E-state index contributed by atoms with van der Waals surface area (Å²) in [6, 6.07) is 25.5. The van der Waals surface area contributed by atoms with E-state index in [1.165, 1.54) is 54.4 Å². The molecule has 0 saturated carbocycles. The number of carbonyl (C=O) groups excluding carboxylic acids is 2. The van der Waals surface area contributed by atoms with Gasteiger partial charge in [0.2, 0.25) is 11.8 Å². The number of halogens is 3. The predicted octanol–water partition coefficient (Wildman–Crippen LogP) is 5.71. The van der Waals surface area contributed by atoms with Crippen molar-refractivity contribution in [2.45, 2.75) is 23.9 Å². The Morgan fingerprint density at radius 1 is 0.833 bits per heavy atom. The molecule has 1 N–H and O–H groups in total. The van der Waals surface area contributed by atoms with Gasteiger partial charge in [-0.1, -0.05) is 89.9 Å². The Labute approximate surface area is 254 Å². The number of carbonyl (C=O) groups is 2. The van der Waals surface area contributed by atoms with Crippen LogP contribution < -0.4 is 9.62 Å². The fourth-order valence-electron chi connectivity index (χ4n) is 4.46. The van der Waals surface area contributed by atoms with Crippen molar-refractivity contribution in [3.63, 3.8) is 0 Å². The van der Waals surface area contributed by atoms with E-state index in [0.29, 0.717) is 9.87 Å². The van der Waals surface area contributed by atoms with Gasteiger partial charge in [-0.2, -0.15) is 0 Å². The number of likely N-dealkylation sites (N-methyl/N-ethyl adjacent to an activating group) is 1. The minimum atomic E-state index is -4.41. The first kappa shape index (κ1) is 31.0. The Morgan fingerprint density at radius 2 is 1.40 bits per heavy atom. The van der Waals surface area contributed by atoms with Crippen LogP contribution in [-0.4, -0.2) is 44.8 Å². The van der Waals surface area contributed by atoms with E-state index in [9.17, 15) is 18.0 Å². The van der Waals surface area contributed by atoms with Gasteiger partial charge in [0.1, 0.15) is 18.4 Å². The lowest BCUT2D eigenvalue weighted by Gasteiger charge is -2.34. The summed E-state index contributed by atoms with van der Waals surface area (Å²) in [6.07, 6.45) is 0.111. The second kappa shape index (κ2) is 13.8. The number of anilines is 1. The van der Waals surface area contributed by atoms with Crippen LogP contribution in [0.1, 0.15) is 11.1 Å². The van der Waals surface area contributed by atoms with E-state index in [1.807, 2.05) is 18.2 Å². The highest BCUT2D eigenvalue weighted by atomic mass is 35.5. The smallest absolute Gasteiger partial charge is 0.264 e. The first-order valence-corrected chi connectivity index (χ1v) is 15.1. The van der Waals surface area contributed by atoms with Crippen LogP contribution in [-0.2, 0) is 32.6 Å². The molecule has 0 aromatic heterocycles. The van der Waals surface area contributed by atoms with Gasteiger partial charge in [0.25, 0.3) is 10.0 Å². The summed E-state index contributed by atoms with van der Waals surface area (Å²) < 4.78 is 43.5. The van der Waals surface area contributed by atoms with Gasteiger partial charge < -0.3 is 10.2 Å². The van der Waals surface area contributed by atoms with Crippen LogP contribution in [0.3, 0.4) is 0 Å². The number of rotatable bonds is 11. The summed E-state index contributed by atoms with van der Waals surface area (Å²) in [5, 5.41) is 3.12. The predicted molar refractivity (Wildman–Crippen MR) is 162 cm³/mol. The lowest BCUT2D eigenvalue weighted by Crippen LogP contribution is -2.53. The zero-order valence-electron chi connectivity index (χ0n) is 22.6. The lowest BCUT2D eigenvalue weighted by atomic mass is 10.0. The van der Waals surface area contributed by atoms with Gasteiger partial charge in [-0.15, -0.1) is 0 Å². The van der Waals surface area contributed by atoms with Crippen LogP contribution in [0.15, 0.2) is 108 Å². The number of amides is 2. The van der Waals surface area contributed by atoms with E-state index in [1.54, 1.807) is 36.4 Å². The average Bonchev–Trinajstić information content (AvgIpc) is 2.99. The standard InChI is InChI=1S/C31H28Cl2FN3O4S/c1-35-31(39)29(19-22-11-4-2-5-12-22)36(20-24-25(32)15-10-16-26(24)33)30(38)21-37(28-18-9-8-17-27(28)34)42(40,41)23-13-6-3-7-14-23/h2-18,29H,19-21H2,1H3,(H,35,39)/t29-/m0/s1. The van der Waals surface area contributed by atoms with Crippen LogP contribution >= 0.6 is 23.2 Å². The molecule has 0 spiro atoms. The van der Waals surface area contributed by atoms with Crippen LogP contribution in [0.25, 0.3) is 0 Å². The third-order valence-corrected chi connectivity index (χ3v) is 9.12. The van der Waals surface area contributed by atoms with Gasteiger partial charge in [-0.05, 0) is 42.0 Å². The van der Waals surface area contributed by atoms with Crippen molar-refractivity contribution in [2.24, 2.45) is 0 Å². The zero-order chi connectivity index (χ0) is 30.3. The number of nitrogens with one attached hydrogen (secondary N) is 1. The first-order chi connectivity index (χ1) is 20.1. The molecule has 0 aliphatic heterocycles. The van der Waals surface area contributed by atoms with E-state index in [2.05, 4.69) is 5.32 Å². The molecule has 11 heteroatoms. The Balaban J connectivity index is 1.82. The SMILES string of the molecule is CNC(=O)[C@H](Cc1ccccc1)N(Cc1c(Cl)cccc1Cl)C(=O)CN(c1ccccc1F)S(=O)(=O)c1ccccc1. The number of hydrogen-bond donors (Lipinski definition) is 1. The van der Waals surface area contributed by atoms with Crippen molar-refractivity contribution in [3.05, 3.63) is 130 Å². The van der Waals surface area contributed by atoms with Crippen molar-refractivity contribution in [2.75, 3.05) is 17.9 Å². The summed E-state index contributed by atoms with van der Waals surface area (Å²) in [5.41, 5.74) is 0.821.